The van der Waals surface area contributed by atoms with Gasteiger partial charge in [-0.3, -0.25) is 4.79 Å². The van der Waals surface area contributed by atoms with Crippen LogP contribution in [0.15, 0.2) is 29.1 Å². The number of nitrogens with one attached hydrogen (secondary N) is 1. The van der Waals surface area contributed by atoms with Gasteiger partial charge in [0.25, 0.3) is 11.3 Å². The summed E-state index contributed by atoms with van der Waals surface area (Å²) in [6.45, 7) is 4.23. The van der Waals surface area contributed by atoms with Crippen molar-refractivity contribution in [1.82, 2.24) is 25.0 Å². The molecular formula is C15H15N5O. The first-order chi connectivity index (χ1) is 10.1. The third-order valence-corrected chi connectivity index (χ3v) is 4.59. The van der Waals surface area contributed by atoms with Gasteiger partial charge < -0.3 is 0 Å². The SMILES string of the molecule is CC[C@@]1(C)Cc2ccccc2-c2nc3nn[nH]n3c(=O)c21. The molecule has 106 valence electrons. The average molecular weight is 281 g/mol. The zero-order valence-electron chi connectivity index (χ0n) is 11.9. The molecule has 4 rings (SSSR count). The van der Waals surface area contributed by atoms with Crippen molar-refractivity contribution in [2.24, 2.45) is 0 Å². The Labute approximate surface area is 120 Å². The molecule has 21 heavy (non-hydrogen) atoms. The number of nitrogens with zero attached hydrogens (tertiary/aromatic N) is 4. The summed E-state index contributed by atoms with van der Waals surface area (Å²) >= 11 is 0. The fraction of sp³-hybridized carbons (Fsp3) is 0.333. The molecule has 0 amide bonds. The molecule has 0 spiro atoms. The van der Waals surface area contributed by atoms with Gasteiger partial charge in [0.15, 0.2) is 0 Å². The van der Waals surface area contributed by atoms with Crippen LogP contribution in [0, 0.1) is 0 Å². The summed E-state index contributed by atoms with van der Waals surface area (Å²) in [6.07, 6.45) is 1.72. The molecular weight excluding hydrogens is 266 g/mol. The zero-order valence-corrected chi connectivity index (χ0v) is 11.9. The van der Waals surface area contributed by atoms with Crippen molar-refractivity contribution >= 4 is 5.78 Å². The predicted octanol–water partition coefficient (Wildman–Crippen LogP) is 1.70. The molecule has 0 aliphatic heterocycles. The van der Waals surface area contributed by atoms with Crippen molar-refractivity contribution in [3.8, 4) is 11.3 Å². The Balaban J connectivity index is 2.19. The molecule has 1 aliphatic rings. The average Bonchev–Trinajstić information content (AvgIpc) is 2.96. The molecule has 1 aliphatic carbocycles. The molecule has 1 atom stereocenters. The van der Waals surface area contributed by atoms with Crippen molar-refractivity contribution in [3.63, 3.8) is 0 Å². The second-order valence-electron chi connectivity index (χ2n) is 5.82. The highest BCUT2D eigenvalue weighted by Gasteiger charge is 2.37. The fourth-order valence-electron chi connectivity index (χ4n) is 3.23. The Kier molecular flexibility index (Phi) is 2.34. The van der Waals surface area contributed by atoms with Crippen LogP contribution in [0.3, 0.4) is 0 Å². The van der Waals surface area contributed by atoms with Gasteiger partial charge in [-0.05, 0) is 23.6 Å². The van der Waals surface area contributed by atoms with Crippen molar-refractivity contribution in [2.45, 2.75) is 32.1 Å². The fourth-order valence-corrected chi connectivity index (χ4v) is 3.23. The first-order valence-electron chi connectivity index (χ1n) is 7.06. The topological polar surface area (TPSA) is 75.9 Å². The molecule has 2 aromatic heterocycles. The van der Waals surface area contributed by atoms with E-state index in [4.69, 9.17) is 0 Å². The number of hydrogen-bond acceptors (Lipinski definition) is 4. The van der Waals surface area contributed by atoms with Crippen LogP contribution >= 0.6 is 0 Å². The van der Waals surface area contributed by atoms with Gasteiger partial charge in [0, 0.05) is 11.0 Å². The Morgan fingerprint density at radius 2 is 2.19 bits per heavy atom. The summed E-state index contributed by atoms with van der Waals surface area (Å²) in [7, 11) is 0. The molecule has 0 bridgehead atoms. The van der Waals surface area contributed by atoms with E-state index in [1.165, 1.54) is 10.1 Å². The van der Waals surface area contributed by atoms with E-state index in [1.807, 2.05) is 18.2 Å². The Morgan fingerprint density at radius 1 is 1.38 bits per heavy atom. The number of fused-ring (bicyclic) bond motifs is 4. The van der Waals surface area contributed by atoms with E-state index in [2.05, 4.69) is 40.4 Å². The van der Waals surface area contributed by atoms with E-state index in [-0.39, 0.29) is 11.0 Å². The summed E-state index contributed by atoms with van der Waals surface area (Å²) < 4.78 is 1.32. The van der Waals surface area contributed by atoms with Crippen LogP contribution in [0.2, 0.25) is 0 Å². The lowest BCUT2D eigenvalue weighted by atomic mass is 9.69. The van der Waals surface area contributed by atoms with Crippen LogP contribution in [-0.2, 0) is 11.8 Å². The summed E-state index contributed by atoms with van der Waals surface area (Å²) in [4.78, 5) is 17.4. The first kappa shape index (κ1) is 12.3. The molecule has 0 saturated carbocycles. The van der Waals surface area contributed by atoms with Gasteiger partial charge >= 0.3 is 0 Å². The molecule has 0 fully saturated rings. The highest BCUT2D eigenvalue weighted by atomic mass is 16.1. The van der Waals surface area contributed by atoms with Gasteiger partial charge in [-0.2, -0.15) is 9.73 Å². The van der Waals surface area contributed by atoms with E-state index in [0.717, 1.165) is 29.7 Å². The summed E-state index contributed by atoms with van der Waals surface area (Å²) in [5, 5.41) is 10.2. The largest absolute Gasteiger partial charge is 0.279 e. The van der Waals surface area contributed by atoms with Crippen LogP contribution < -0.4 is 5.56 Å². The minimum Gasteiger partial charge on any atom is -0.267 e. The maximum Gasteiger partial charge on any atom is 0.279 e. The molecule has 0 radical (unpaired) electrons. The van der Waals surface area contributed by atoms with Gasteiger partial charge in [0.1, 0.15) is 0 Å². The molecule has 2 heterocycles. The minimum atomic E-state index is -0.222. The third-order valence-electron chi connectivity index (χ3n) is 4.59. The minimum absolute atomic E-state index is 0.0983. The molecule has 6 nitrogen and oxygen atoms in total. The van der Waals surface area contributed by atoms with E-state index < -0.39 is 0 Å². The Bertz CT molecular complexity index is 910. The lowest BCUT2D eigenvalue weighted by molar-refractivity contribution is 0.438. The maximum atomic E-state index is 12.8. The molecule has 1 aromatic carbocycles. The Morgan fingerprint density at radius 3 is 3.00 bits per heavy atom. The van der Waals surface area contributed by atoms with Crippen molar-refractivity contribution in [1.29, 1.82) is 0 Å². The molecule has 0 unspecified atom stereocenters. The molecule has 1 N–H and O–H groups in total. The predicted molar refractivity (Wildman–Crippen MR) is 78.2 cm³/mol. The van der Waals surface area contributed by atoms with Crippen LogP contribution in [0.5, 0.6) is 0 Å². The number of rotatable bonds is 1. The second-order valence-corrected chi connectivity index (χ2v) is 5.82. The molecule has 0 saturated heterocycles. The monoisotopic (exact) mass is 281 g/mol. The highest BCUT2D eigenvalue weighted by Crippen LogP contribution is 2.42. The summed E-state index contributed by atoms with van der Waals surface area (Å²) in [5.41, 5.74) is 3.45. The van der Waals surface area contributed by atoms with Crippen LogP contribution in [0.1, 0.15) is 31.4 Å². The van der Waals surface area contributed by atoms with E-state index in [9.17, 15) is 4.79 Å². The van der Waals surface area contributed by atoms with Crippen LogP contribution in [-0.4, -0.2) is 25.0 Å². The standard InChI is InChI=1S/C15H15N5O/c1-3-15(2)8-9-6-4-5-7-10(9)12-11(15)13(21)20-14(16-12)17-18-19-20/h4-7H,3,8H2,1-2H3,(H,16,17,19)/t15-/m0/s1. The summed E-state index contributed by atoms with van der Waals surface area (Å²) in [6, 6.07) is 8.13. The smallest absolute Gasteiger partial charge is 0.267 e. The van der Waals surface area contributed by atoms with Crippen molar-refractivity contribution in [2.75, 3.05) is 0 Å². The lowest BCUT2D eigenvalue weighted by Gasteiger charge is -2.34. The molecule has 6 heteroatoms. The second kappa shape index (κ2) is 4.00. The number of H-pyrrole nitrogens is 1. The van der Waals surface area contributed by atoms with Gasteiger partial charge in [0.05, 0.1) is 11.3 Å². The maximum absolute atomic E-state index is 12.8. The zero-order chi connectivity index (χ0) is 14.6. The third kappa shape index (κ3) is 1.53. The van der Waals surface area contributed by atoms with Gasteiger partial charge in [-0.15, -0.1) is 0 Å². The summed E-state index contributed by atoms with van der Waals surface area (Å²) in [5.74, 6) is 0.314. The lowest BCUT2D eigenvalue weighted by Crippen LogP contribution is -2.37. The van der Waals surface area contributed by atoms with Crippen LogP contribution in [0.4, 0.5) is 0 Å². The number of aromatic nitrogens is 5. The van der Waals surface area contributed by atoms with Crippen LogP contribution in [0.25, 0.3) is 17.0 Å². The number of benzene rings is 1. The van der Waals surface area contributed by atoms with E-state index in [0.29, 0.717) is 5.78 Å². The van der Waals surface area contributed by atoms with Gasteiger partial charge in [-0.25, -0.2) is 4.98 Å². The highest BCUT2D eigenvalue weighted by molar-refractivity contribution is 5.72. The first-order valence-corrected chi connectivity index (χ1v) is 7.06. The van der Waals surface area contributed by atoms with Gasteiger partial charge in [-0.1, -0.05) is 43.2 Å². The number of hydrogen-bond donors (Lipinski definition) is 1. The number of aromatic amines is 1. The number of tetrazole rings is 1. The quantitative estimate of drug-likeness (QED) is 0.736. The Hall–Kier alpha value is -2.50. The van der Waals surface area contributed by atoms with Gasteiger partial charge in [0.2, 0.25) is 0 Å². The normalized spacial score (nSPS) is 20.3. The molecule has 3 aromatic rings. The van der Waals surface area contributed by atoms with Crippen molar-refractivity contribution in [3.05, 3.63) is 45.7 Å². The van der Waals surface area contributed by atoms with E-state index >= 15 is 0 Å². The van der Waals surface area contributed by atoms with Crippen molar-refractivity contribution < 1.29 is 0 Å². The van der Waals surface area contributed by atoms with E-state index in [1.54, 1.807) is 0 Å².